The third-order valence-electron chi connectivity index (χ3n) is 1.90. The lowest BCUT2D eigenvalue weighted by molar-refractivity contribution is -0.123. The van der Waals surface area contributed by atoms with Gasteiger partial charge in [-0.3, -0.25) is 9.59 Å². The summed E-state index contributed by atoms with van der Waals surface area (Å²) in [6.07, 6.45) is 1.44. The van der Waals surface area contributed by atoms with Crippen molar-refractivity contribution in [1.82, 2.24) is 0 Å². The van der Waals surface area contributed by atoms with Crippen molar-refractivity contribution in [3.8, 4) is 0 Å². The highest BCUT2D eigenvalue weighted by molar-refractivity contribution is 5.78. The van der Waals surface area contributed by atoms with Crippen molar-refractivity contribution in [1.29, 1.82) is 0 Å². The summed E-state index contributed by atoms with van der Waals surface area (Å²) in [5.41, 5.74) is 10.2. The van der Waals surface area contributed by atoms with Crippen LogP contribution in [0.15, 0.2) is 0 Å². The van der Waals surface area contributed by atoms with Crippen molar-refractivity contribution in [2.45, 2.75) is 33.1 Å². The Balaban J connectivity index is 3.95. The molecule has 0 rings (SSSR count). The first kappa shape index (κ1) is 11.9. The van der Waals surface area contributed by atoms with Crippen molar-refractivity contribution in [3.05, 3.63) is 0 Å². The molecule has 0 aliphatic carbocycles. The molecule has 4 heteroatoms. The third-order valence-corrected chi connectivity index (χ3v) is 1.90. The minimum absolute atomic E-state index is 0.215. The summed E-state index contributed by atoms with van der Waals surface area (Å²) in [5.74, 6) is -0.525. The molecule has 1 unspecified atom stereocenters. The highest BCUT2D eigenvalue weighted by Gasteiger charge is 2.17. The lowest BCUT2D eigenvalue weighted by Crippen LogP contribution is -2.26. The van der Waals surface area contributed by atoms with E-state index in [-0.39, 0.29) is 24.2 Å². The van der Waals surface area contributed by atoms with E-state index >= 15 is 0 Å². The number of carbonyl (C=O) groups excluding carboxylic acids is 2. The fraction of sp³-hybridized carbons (Fsp3) is 0.778. The van der Waals surface area contributed by atoms with Gasteiger partial charge in [-0.15, -0.1) is 0 Å². The summed E-state index contributed by atoms with van der Waals surface area (Å²) >= 11 is 0. The van der Waals surface area contributed by atoms with E-state index in [2.05, 4.69) is 0 Å². The first-order valence-electron chi connectivity index (χ1n) is 4.51. The van der Waals surface area contributed by atoms with E-state index in [1.165, 1.54) is 0 Å². The van der Waals surface area contributed by atoms with Crippen LogP contribution in [0.4, 0.5) is 0 Å². The van der Waals surface area contributed by atoms with Crippen LogP contribution in [0, 0.1) is 11.8 Å². The van der Waals surface area contributed by atoms with Gasteiger partial charge in [0.15, 0.2) is 0 Å². The lowest BCUT2D eigenvalue weighted by atomic mass is 9.92. The number of hydrogen-bond acceptors (Lipinski definition) is 2. The maximum atomic E-state index is 10.9. The van der Waals surface area contributed by atoms with E-state index in [1.54, 1.807) is 0 Å². The second-order valence-corrected chi connectivity index (χ2v) is 3.73. The van der Waals surface area contributed by atoms with Gasteiger partial charge in [-0.05, 0) is 18.8 Å². The Morgan fingerprint density at radius 2 is 1.77 bits per heavy atom. The van der Waals surface area contributed by atoms with Gasteiger partial charge in [-0.25, -0.2) is 0 Å². The number of rotatable bonds is 6. The quantitative estimate of drug-likeness (QED) is 0.629. The highest BCUT2D eigenvalue weighted by Crippen LogP contribution is 2.16. The molecule has 0 fully saturated rings. The molecule has 0 spiro atoms. The predicted molar refractivity (Wildman–Crippen MR) is 50.6 cm³/mol. The van der Waals surface area contributed by atoms with Gasteiger partial charge in [0.1, 0.15) is 0 Å². The Hall–Kier alpha value is -1.06. The van der Waals surface area contributed by atoms with Gasteiger partial charge in [0.2, 0.25) is 11.8 Å². The molecular formula is C9H18N2O2. The van der Waals surface area contributed by atoms with Crippen LogP contribution in [0.1, 0.15) is 33.1 Å². The fourth-order valence-electron chi connectivity index (χ4n) is 1.26. The molecule has 0 radical (unpaired) electrons. The normalized spacial score (nSPS) is 12.8. The molecule has 2 amide bonds. The second kappa shape index (κ2) is 5.56. The van der Waals surface area contributed by atoms with Crippen molar-refractivity contribution < 1.29 is 9.59 Å². The molecule has 0 saturated heterocycles. The Morgan fingerprint density at radius 3 is 2.08 bits per heavy atom. The van der Waals surface area contributed by atoms with E-state index in [0.29, 0.717) is 12.3 Å². The number of hydrogen-bond donors (Lipinski definition) is 2. The smallest absolute Gasteiger partial charge is 0.220 e. The summed E-state index contributed by atoms with van der Waals surface area (Å²) in [6.45, 7) is 4.03. The van der Waals surface area contributed by atoms with Gasteiger partial charge in [-0.2, -0.15) is 0 Å². The zero-order valence-electron chi connectivity index (χ0n) is 8.25. The second-order valence-electron chi connectivity index (χ2n) is 3.73. The monoisotopic (exact) mass is 186 g/mol. The average Bonchev–Trinajstić information content (AvgIpc) is 1.96. The molecule has 0 aliphatic heterocycles. The van der Waals surface area contributed by atoms with Crippen LogP contribution in [0.3, 0.4) is 0 Å². The lowest BCUT2D eigenvalue weighted by Gasteiger charge is -2.14. The first-order chi connectivity index (χ1) is 5.93. The van der Waals surface area contributed by atoms with Gasteiger partial charge >= 0.3 is 0 Å². The Morgan fingerprint density at radius 1 is 1.23 bits per heavy atom. The molecule has 0 aromatic rings. The predicted octanol–water partition coefficient (Wildman–Crippen LogP) is 0.399. The van der Waals surface area contributed by atoms with Crippen molar-refractivity contribution in [3.63, 3.8) is 0 Å². The minimum atomic E-state index is -0.380. The van der Waals surface area contributed by atoms with Gasteiger partial charge in [0.05, 0.1) is 0 Å². The molecule has 0 saturated carbocycles. The maximum Gasteiger partial charge on any atom is 0.220 e. The molecule has 0 aromatic carbocycles. The molecule has 1 atom stereocenters. The van der Waals surface area contributed by atoms with E-state index in [0.717, 1.165) is 6.42 Å². The number of amides is 2. The van der Waals surface area contributed by atoms with E-state index in [9.17, 15) is 9.59 Å². The summed E-state index contributed by atoms with van der Waals surface area (Å²) in [5, 5.41) is 0. The number of carbonyl (C=O) groups is 2. The molecule has 4 nitrogen and oxygen atoms in total. The topological polar surface area (TPSA) is 86.2 Å². The van der Waals surface area contributed by atoms with Gasteiger partial charge in [0.25, 0.3) is 0 Å². The Labute approximate surface area is 78.7 Å². The van der Waals surface area contributed by atoms with Crippen LogP contribution < -0.4 is 11.5 Å². The van der Waals surface area contributed by atoms with Crippen LogP contribution in [-0.4, -0.2) is 11.8 Å². The third kappa shape index (κ3) is 6.13. The van der Waals surface area contributed by atoms with Crippen LogP contribution in [-0.2, 0) is 9.59 Å². The largest absolute Gasteiger partial charge is 0.370 e. The SMILES string of the molecule is CC(C)CC(CCC(N)=O)C(N)=O. The van der Waals surface area contributed by atoms with E-state index in [1.807, 2.05) is 13.8 Å². The standard InChI is InChI=1S/C9H18N2O2/c1-6(2)5-7(9(11)13)3-4-8(10)12/h6-7H,3-5H2,1-2H3,(H2,10,12)(H2,11,13). The zero-order valence-corrected chi connectivity index (χ0v) is 8.25. The van der Waals surface area contributed by atoms with Crippen LogP contribution in [0.2, 0.25) is 0 Å². The van der Waals surface area contributed by atoms with Crippen LogP contribution in [0.25, 0.3) is 0 Å². The first-order valence-corrected chi connectivity index (χ1v) is 4.51. The summed E-state index contributed by atoms with van der Waals surface area (Å²) in [4.78, 5) is 21.4. The summed E-state index contributed by atoms with van der Waals surface area (Å²) < 4.78 is 0. The Bertz CT molecular complexity index is 190. The van der Waals surface area contributed by atoms with Crippen molar-refractivity contribution in [2.24, 2.45) is 23.3 Å². The number of nitrogens with two attached hydrogens (primary N) is 2. The fourth-order valence-corrected chi connectivity index (χ4v) is 1.26. The molecule has 0 heterocycles. The van der Waals surface area contributed by atoms with Gasteiger partial charge < -0.3 is 11.5 Å². The highest BCUT2D eigenvalue weighted by atomic mass is 16.1. The van der Waals surface area contributed by atoms with E-state index in [4.69, 9.17) is 11.5 Å². The molecule has 0 aromatic heterocycles. The summed E-state index contributed by atoms with van der Waals surface area (Å²) in [6, 6.07) is 0. The minimum Gasteiger partial charge on any atom is -0.370 e. The van der Waals surface area contributed by atoms with Gasteiger partial charge in [-0.1, -0.05) is 13.8 Å². The average molecular weight is 186 g/mol. The molecule has 4 N–H and O–H groups in total. The Kier molecular flexibility index (Phi) is 5.11. The van der Waals surface area contributed by atoms with Crippen LogP contribution >= 0.6 is 0 Å². The van der Waals surface area contributed by atoms with Crippen molar-refractivity contribution in [2.75, 3.05) is 0 Å². The molecule has 0 bridgehead atoms. The van der Waals surface area contributed by atoms with Crippen LogP contribution in [0.5, 0.6) is 0 Å². The van der Waals surface area contributed by atoms with E-state index < -0.39 is 0 Å². The maximum absolute atomic E-state index is 10.9. The zero-order chi connectivity index (χ0) is 10.4. The number of primary amides is 2. The molecule has 76 valence electrons. The summed E-state index contributed by atoms with van der Waals surface area (Å²) in [7, 11) is 0. The molecular weight excluding hydrogens is 168 g/mol. The molecule has 13 heavy (non-hydrogen) atoms. The van der Waals surface area contributed by atoms with Gasteiger partial charge in [0, 0.05) is 12.3 Å². The van der Waals surface area contributed by atoms with Crippen molar-refractivity contribution >= 4 is 11.8 Å². The molecule has 0 aliphatic rings.